The van der Waals surface area contributed by atoms with Gasteiger partial charge in [-0.15, -0.1) is 34.2 Å². The molecule has 0 radical (unpaired) electrons. The van der Waals surface area contributed by atoms with Crippen LogP contribution in [0, 0.1) is 0 Å². The molecule has 2 rings (SSSR count). The molecule has 0 aliphatic carbocycles. The lowest BCUT2D eigenvalue weighted by Gasteiger charge is -2.31. The van der Waals surface area contributed by atoms with E-state index in [0.29, 0.717) is 12.6 Å². The first kappa shape index (κ1) is 23.8. The fourth-order valence-corrected chi connectivity index (χ4v) is 2.80. The Morgan fingerprint density at radius 2 is 2.11 bits per heavy atom. The lowest BCUT2D eigenvalue weighted by molar-refractivity contribution is 0.0220. The average Bonchev–Trinajstić information content (AvgIpc) is 3.11. The van der Waals surface area contributed by atoms with Crippen LogP contribution in [0.5, 0.6) is 0 Å². The van der Waals surface area contributed by atoms with Crippen molar-refractivity contribution >= 4 is 29.9 Å². The van der Waals surface area contributed by atoms with Crippen molar-refractivity contribution in [3.8, 4) is 0 Å². The van der Waals surface area contributed by atoms with Crippen molar-refractivity contribution in [2.45, 2.75) is 39.8 Å². The molecule has 1 saturated heterocycles. The molecule has 2 N–H and O–H groups in total. The highest BCUT2D eigenvalue weighted by atomic mass is 127. The summed E-state index contributed by atoms with van der Waals surface area (Å²) in [5, 5.41) is 14.8. The predicted molar refractivity (Wildman–Crippen MR) is 120 cm³/mol. The molecule has 1 aliphatic rings. The molecule has 1 unspecified atom stereocenters. The number of nitrogens with one attached hydrogen (secondary N) is 2. The van der Waals surface area contributed by atoms with Crippen molar-refractivity contribution in [3.63, 3.8) is 0 Å². The number of hydrogen-bond acceptors (Lipinski definition) is 5. The fourth-order valence-electron chi connectivity index (χ4n) is 2.80. The summed E-state index contributed by atoms with van der Waals surface area (Å²) in [7, 11) is 0. The van der Waals surface area contributed by atoms with Crippen molar-refractivity contribution in [3.05, 3.63) is 24.3 Å². The summed E-state index contributed by atoms with van der Waals surface area (Å²) in [6.07, 6.45) is 2.66. The van der Waals surface area contributed by atoms with Crippen LogP contribution in [0.15, 0.2) is 23.5 Å². The van der Waals surface area contributed by atoms with E-state index in [4.69, 9.17) is 9.73 Å². The van der Waals surface area contributed by atoms with E-state index in [-0.39, 0.29) is 24.0 Å². The first-order chi connectivity index (χ1) is 12.6. The zero-order valence-corrected chi connectivity index (χ0v) is 19.1. The van der Waals surface area contributed by atoms with Gasteiger partial charge >= 0.3 is 0 Å². The molecular formula is C18H34IN7O. The van der Waals surface area contributed by atoms with Crippen molar-refractivity contribution in [1.29, 1.82) is 0 Å². The van der Waals surface area contributed by atoms with Crippen LogP contribution in [0.4, 0.5) is 0 Å². The third kappa shape index (κ3) is 8.56. The summed E-state index contributed by atoms with van der Waals surface area (Å²) < 4.78 is 7.49. The SMILES string of the molecule is C=C(C)CNC(=NCC(C)N1CCOCC1)NCCn1cnnc1CC.I. The summed E-state index contributed by atoms with van der Waals surface area (Å²) in [6.45, 7) is 16.9. The van der Waals surface area contributed by atoms with E-state index in [9.17, 15) is 0 Å². The number of morpholine rings is 1. The van der Waals surface area contributed by atoms with Crippen LogP contribution in [0.1, 0.15) is 26.6 Å². The minimum absolute atomic E-state index is 0. The lowest BCUT2D eigenvalue weighted by atomic mass is 10.2. The first-order valence-corrected chi connectivity index (χ1v) is 9.45. The maximum atomic E-state index is 5.42. The molecule has 1 aromatic rings. The molecule has 1 atom stereocenters. The van der Waals surface area contributed by atoms with Gasteiger partial charge in [0.05, 0.1) is 19.8 Å². The Morgan fingerprint density at radius 3 is 2.78 bits per heavy atom. The van der Waals surface area contributed by atoms with Crippen molar-refractivity contribution in [2.24, 2.45) is 4.99 Å². The maximum Gasteiger partial charge on any atom is 0.191 e. The minimum atomic E-state index is 0. The highest BCUT2D eigenvalue weighted by Gasteiger charge is 2.16. The molecular weight excluding hydrogens is 457 g/mol. The highest BCUT2D eigenvalue weighted by molar-refractivity contribution is 14.0. The van der Waals surface area contributed by atoms with E-state index in [2.05, 4.69) is 50.7 Å². The predicted octanol–water partition coefficient (Wildman–Crippen LogP) is 1.29. The molecule has 0 saturated carbocycles. The number of guanidine groups is 1. The Bertz CT molecular complexity index is 584. The van der Waals surface area contributed by atoms with Gasteiger partial charge in [0.25, 0.3) is 0 Å². The van der Waals surface area contributed by atoms with E-state index in [1.807, 2.05) is 6.92 Å². The summed E-state index contributed by atoms with van der Waals surface area (Å²) in [5.41, 5.74) is 1.08. The van der Waals surface area contributed by atoms with Gasteiger partial charge in [0.2, 0.25) is 0 Å². The Morgan fingerprint density at radius 1 is 1.37 bits per heavy atom. The van der Waals surface area contributed by atoms with Crippen molar-refractivity contribution in [2.75, 3.05) is 45.9 Å². The first-order valence-electron chi connectivity index (χ1n) is 9.45. The quantitative estimate of drug-likeness (QED) is 0.235. The molecule has 27 heavy (non-hydrogen) atoms. The van der Waals surface area contributed by atoms with Crippen LogP contribution in [-0.2, 0) is 17.7 Å². The van der Waals surface area contributed by atoms with Gasteiger partial charge < -0.3 is 19.9 Å². The van der Waals surface area contributed by atoms with Gasteiger partial charge in [-0.1, -0.05) is 19.1 Å². The summed E-state index contributed by atoms with van der Waals surface area (Å²) in [4.78, 5) is 7.19. The molecule has 0 bridgehead atoms. The van der Waals surface area contributed by atoms with Crippen LogP contribution in [0.2, 0.25) is 0 Å². The number of aliphatic imine (C=N–C) groups is 1. The van der Waals surface area contributed by atoms with E-state index in [1.54, 1.807) is 6.33 Å². The molecule has 0 spiro atoms. The highest BCUT2D eigenvalue weighted by Crippen LogP contribution is 2.03. The molecule has 1 aromatic heterocycles. The van der Waals surface area contributed by atoms with Gasteiger partial charge in [-0.05, 0) is 13.8 Å². The van der Waals surface area contributed by atoms with Gasteiger partial charge in [0.15, 0.2) is 5.96 Å². The number of aryl methyl sites for hydroxylation is 1. The van der Waals surface area contributed by atoms with E-state index in [1.165, 1.54) is 0 Å². The molecule has 9 heteroatoms. The van der Waals surface area contributed by atoms with Gasteiger partial charge in [-0.25, -0.2) is 0 Å². The lowest BCUT2D eigenvalue weighted by Crippen LogP contribution is -2.45. The largest absolute Gasteiger partial charge is 0.379 e. The Labute approximate surface area is 179 Å². The Balaban J connectivity index is 0.00000364. The van der Waals surface area contributed by atoms with Gasteiger partial charge in [-0.2, -0.15) is 0 Å². The number of halogens is 1. The Hall–Kier alpha value is -1.20. The topological polar surface area (TPSA) is 79.6 Å². The van der Waals surface area contributed by atoms with Crippen LogP contribution in [0.25, 0.3) is 0 Å². The number of nitrogens with zero attached hydrogens (tertiary/aromatic N) is 5. The van der Waals surface area contributed by atoms with Gasteiger partial charge in [-0.3, -0.25) is 9.89 Å². The zero-order valence-electron chi connectivity index (χ0n) is 16.8. The minimum Gasteiger partial charge on any atom is -0.379 e. The smallest absolute Gasteiger partial charge is 0.191 e. The van der Waals surface area contributed by atoms with Crippen molar-refractivity contribution in [1.82, 2.24) is 30.3 Å². The molecule has 0 aromatic carbocycles. The number of rotatable bonds is 9. The molecule has 0 amide bonds. The third-order valence-electron chi connectivity index (χ3n) is 4.40. The average molecular weight is 491 g/mol. The summed E-state index contributed by atoms with van der Waals surface area (Å²) >= 11 is 0. The molecule has 1 fully saturated rings. The molecule has 154 valence electrons. The second-order valence-electron chi connectivity index (χ2n) is 6.72. The third-order valence-corrected chi connectivity index (χ3v) is 4.40. The number of ether oxygens (including phenoxy) is 1. The van der Waals surface area contributed by atoms with E-state index >= 15 is 0 Å². The standard InChI is InChI=1S/C18H33N7O.HI/c1-5-17-23-22-14-25(17)7-6-19-18(20-12-15(2)3)21-13-16(4)24-8-10-26-11-9-24;/h14,16H,2,5-13H2,1,3-4H3,(H2,19,20,21);1H. The van der Waals surface area contributed by atoms with Crippen LogP contribution >= 0.6 is 24.0 Å². The maximum absolute atomic E-state index is 5.42. The molecule has 2 heterocycles. The van der Waals surface area contributed by atoms with Crippen LogP contribution in [0.3, 0.4) is 0 Å². The van der Waals surface area contributed by atoms with E-state index < -0.39 is 0 Å². The summed E-state index contributed by atoms with van der Waals surface area (Å²) in [6, 6.07) is 0.395. The normalized spacial score (nSPS) is 16.5. The van der Waals surface area contributed by atoms with Crippen molar-refractivity contribution < 1.29 is 4.74 Å². The second kappa shape index (κ2) is 13.1. The van der Waals surface area contributed by atoms with Gasteiger partial charge in [0.1, 0.15) is 12.2 Å². The van der Waals surface area contributed by atoms with Gasteiger partial charge in [0, 0.05) is 45.2 Å². The number of hydrogen-bond donors (Lipinski definition) is 2. The van der Waals surface area contributed by atoms with E-state index in [0.717, 1.165) is 69.7 Å². The Kier molecular flexibility index (Phi) is 11.5. The summed E-state index contributed by atoms with van der Waals surface area (Å²) in [5.74, 6) is 1.82. The van der Waals surface area contributed by atoms with Crippen LogP contribution < -0.4 is 10.6 Å². The molecule has 1 aliphatic heterocycles. The monoisotopic (exact) mass is 491 g/mol. The fraction of sp³-hybridized carbons (Fsp3) is 0.722. The molecule has 8 nitrogen and oxygen atoms in total. The second-order valence-corrected chi connectivity index (χ2v) is 6.72. The van der Waals surface area contributed by atoms with Crippen LogP contribution in [-0.4, -0.2) is 77.6 Å². The number of aromatic nitrogens is 3. The zero-order chi connectivity index (χ0) is 18.8.